The second-order valence-electron chi connectivity index (χ2n) is 6.25. The molecule has 4 heterocycles. The van der Waals surface area contributed by atoms with Crippen molar-refractivity contribution in [1.29, 1.82) is 0 Å². The van der Waals surface area contributed by atoms with Gasteiger partial charge in [-0.05, 0) is 12.1 Å². The first-order chi connectivity index (χ1) is 13.0. The normalized spacial score (nSPS) is 16.9. The number of hydrogen-bond donors (Lipinski definition) is 0. The van der Waals surface area contributed by atoms with E-state index in [1.54, 1.807) is 6.20 Å². The van der Waals surface area contributed by atoms with E-state index in [2.05, 4.69) is 19.9 Å². The van der Waals surface area contributed by atoms with Gasteiger partial charge < -0.3 is 14.4 Å². The average molecular weight is 378 g/mol. The second kappa shape index (κ2) is 7.15. The number of hydrogen-bond acceptors (Lipinski definition) is 6. The largest absolute Gasteiger partial charge is 0.468 e. The van der Waals surface area contributed by atoms with Gasteiger partial charge in [0.25, 0.3) is 0 Å². The predicted molar refractivity (Wildman–Crippen MR) is 92.4 cm³/mol. The van der Waals surface area contributed by atoms with Crippen molar-refractivity contribution in [2.24, 2.45) is 4.99 Å². The fourth-order valence-corrected chi connectivity index (χ4v) is 3.07. The molecule has 4 rings (SSSR count). The highest BCUT2D eigenvalue weighted by atomic mass is 19.4. The predicted octanol–water partition coefficient (Wildman–Crippen LogP) is 2.61. The molecule has 0 N–H and O–H groups in total. The van der Waals surface area contributed by atoms with Crippen LogP contribution in [0, 0.1) is 0 Å². The smallest absolute Gasteiger partial charge is 0.422 e. The molecule has 0 atom stereocenters. The standard InChI is InChI=1S/C18H17F3N4O2/c19-18(20,21)11-27-16-8-14-13(9-23-16)10-24-17(14)12-1-2-22-15(7-12)25-3-5-26-6-4-25/h1-2,7-9H,3-6,10-11H2. The van der Waals surface area contributed by atoms with Crippen LogP contribution < -0.4 is 9.64 Å². The van der Waals surface area contributed by atoms with E-state index in [9.17, 15) is 13.2 Å². The molecule has 2 aromatic rings. The summed E-state index contributed by atoms with van der Waals surface area (Å²) in [6.45, 7) is 1.90. The number of halogens is 3. The first kappa shape index (κ1) is 17.7. The minimum Gasteiger partial charge on any atom is -0.468 e. The van der Waals surface area contributed by atoms with Crippen LogP contribution in [-0.4, -0.2) is 54.8 Å². The molecule has 1 fully saturated rings. The van der Waals surface area contributed by atoms with Gasteiger partial charge in [0.1, 0.15) is 5.82 Å². The molecule has 0 unspecified atom stereocenters. The Balaban J connectivity index is 1.58. The molecule has 2 aliphatic heterocycles. The van der Waals surface area contributed by atoms with Gasteiger partial charge in [0.2, 0.25) is 5.88 Å². The second-order valence-corrected chi connectivity index (χ2v) is 6.25. The molecule has 2 aromatic heterocycles. The Morgan fingerprint density at radius 2 is 1.96 bits per heavy atom. The Morgan fingerprint density at radius 3 is 2.74 bits per heavy atom. The molecular weight excluding hydrogens is 361 g/mol. The number of ether oxygens (including phenoxy) is 2. The van der Waals surface area contributed by atoms with Gasteiger partial charge in [-0.1, -0.05) is 0 Å². The molecule has 1 saturated heterocycles. The van der Waals surface area contributed by atoms with E-state index in [0.29, 0.717) is 25.5 Å². The highest BCUT2D eigenvalue weighted by Crippen LogP contribution is 2.27. The molecule has 0 spiro atoms. The summed E-state index contributed by atoms with van der Waals surface area (Å²) in [6.07, 6.45) is -1.18. The molecule has 0 saturated carbocycles. The molecule has 2 aliphatic rings. The molecule has 0 aliphatic carbocycles. The van der Waals surface area contributed by atoms with E-state index in [-0.39, 0.29) is 5.88 Å². The Hall–Kier alpha value is -2.68. The lowest BCUT2D eigenvalue weighted by molar-refractivity contribution is -0.154. The van der Waals surface area contributed by atoms with Crippen LogP contribution in [0.15, 0.2) is 35.6 Å². The molecule has 142 valence electrons. The number of aromatic nitrogens is 2. The van der Waals surface area contributed by atoms with Crippen molar-refractivity contribution in [1.82, 2.24) is 9.97 Å². The molecule has 0 bridgehead atoms. The van der Waals surface area contributed by atoms with Crippen LogP contribution in [0.3, 0.4) is 0 Å². The number of alkyl halides is 3. The monoisotopic (exact) mass is 378 g/mol. The van der Waals surface area contributed by atoms with Gasteiger partial charge in [0, 0.05) is 48.2 Å². The van der Waals surface area contributed by atoms with Crippen molar-refractivity contribution < 1.29 is 22.6 Å². The zero-order valence-electron chi connectivity index (χ0n) is 14.4. The summed E-state index contributed by atoms with van der Waals surface area (Å²) in [4.78, 5) is 15.0. The Kier molecular flexibility index (Phi) is 4.69. The molecule has 6 nitrogen and oxygen atoms in total. The zero-order valence-corrected chi connectivity index (χ0v) is 14.4. The summed E-state index contributed by atoms with van der Waals surface area (Å²) in [5, 5.41) is 0. The van der Waals surface area contributed by atoms with Crippen molar-refractivity contribution in [2.75, 3.05) is 37.8 Å². The summed E-state index contributed by atoms with van der Waals surface area (Å²) in [5.74, 6) is 0.762. The third-order valence-electron chi connectivity index (χ3n) is 4.36. The SMILES string of the molecule is FC(F)(F)COc1cc2c(cn1)CN=C2c1ccnc(N2CCOCC2)c1. The molecule has 0 radical (unpaired) electrons. The Bertz CT molecular complexity index is 864. The van der Waals surface area contributed by atoms with Crippen LogP contribution in [0.5, 0.6) is 5.88 Å². The number of nitrogens with zero attached hydrogens (tertiary/aromatic N) is 4. The van der Waals surface area contributed by atoms with E-state index >= 15 is 0 Å². The van der Waals surface area contributed by atoms with Crippen LogP contribution in [0.25, 0.3) is 0 Å². The van der Waals surface area contributed by atoms with Crippen LogP contribution in [-0.2, 0) is 11.3 Å². The number of fused-ring (bicyclic) bond motifs is 1. The quantitative estimate of drug-likeness (QED) is 0.819. The Labute approximate surface area is 153 Å². The summed E-state index contributed by atoms with van der Waals surface area (Å²) in [5.41, 5.74) is 3.16. The fraction of sp³-hybridized carbons (Fsp3) is 0.389. The van der Waals surface area contributed by atoms with Crippen LogP contribution in [0.2, 0.25) is 0 Å². The summed E-state index contributed by atoms with van der Waals surface area (Å²) in [7, 11) is 0. The minimum absolute atomic E-state index is 0.0665. The number of aliphatic imine (C=N–C) groups is 1. The first-order valence-electron chi connectivity index (χ1n) is 8.52. The van der Waals surface area contributed by atoms with Crippen molar-refractivity contribution in [2.45, 2.75) is 12.7 Å². The van der Waals surface area contributed by atoms with E-state index in [4.69, 9.17) is 9.47 Å². The first-order valence-corrected chi connectivity index (χ1v) is 8.52. The van der Waals surface area contributed by atoms with E-state index in [1.807, 2.05) is 12.1 Å². The van der Waals surface area contributed by atoms with Gasteiger partial charge in [-0.2, -0.15) is 13.2 Å². The summed E-state index contributed by atoms with van der Waals surface area (Å²) >= 11 is 0. The number of rotatable bonds is 4. The highest BCUT2D eigenvalue weighted by Gasteiger charge is 2.29. The van der Waals surface area contributed by atoms with E-state index in [1.165, 1.54) is 12.3 Å². The van der Waals surface area contributed by atoms with Crippen LogP contribution in [0.1, 0.15) is 16.7 Å². The van der Waals surface area contributed by atoms with Gasteiger partial charge in [-0.3, -0.25) is 4.99 Å². The van der Waals surface area contributed by atoms with Crippen LogP contribution >= 0.6 is 0 Å². The van der Waals surface area contributed by atoms with Crippen molar-refractivity contribution >= 4 is 11.5 Å². The molecule has 0 amide bonds. The minimum atomic E-state index is -4.41. The van der Waals surface area contributed by atoms with Gasteiger partial charge in [0.15, 0.2) is 6.61 Å². The third-order valence-corrected chi connectivity index (χ3v) is 4.36. The van der Waals surface area contributed by atoms with Crippen molar-refractivity contribution in [3.8, 4) is 5.88 Å². The topological polar surface area (TPSA) is 59.8 Å². The summed E-state index contributed by atoms with van der Waals surface area (Å²) in [6, 6.07) is 5.30. The fourth-order valence-electron chi connectivity index (χ4n) is 3.07. The van der Waals surface area contributed by atoms with Crippen molar-refractivity contribution in [3.63, 3.8) is 0 Å². The highest BCUT2D eigenvalue weighted by molar-refractivity contribution is 6.15. The van der Waals surface area contributed by atoms with Gasteiger partial charge in [-0.15, -0.1) is 0 Å². The third kappa shape index (κ3) is 4.02. The lowest BCUT2D eigenvalue weighted by atomic mass is 10.0. The molecule has 9 heteroatoms. The van der Waals surface area contributed by atoms with Gasteiger partial charge in [-0.25, -0.2) is 9.97 Å². The maximum Gasteiger partial charge on any atom is 0.422 e. The maximum atomic E-state index is 12.4. The zero-order chi connectivity index (χ0) is 18.9. The molecule has 27 heavy (non-hydrogen) atoms. The summed E-state index contributed by atoms with van der Waals surface area (Å²) < 4.78 is 47.3. The number of anilines is 1. The lowest BCUT2D eigenvalue weighted by Gasteiger charge is -2.28. The van der Waals surface area contributed by atoms with Gasteiger partial charge in [0.05, 0.1) is 25.5 Å². The number of pyridine rings is 2. The van der Waals surface area contributed by atoms with E-state index in [0.717, 1.165) is 35.6 Å². The maximum absolute atomic E-state index is 12.4. The van der Waals surface area contributed by atoms with E-state index < -0.39 is 12.8 Å². The average Bonchev–Trinajstić information content (AvgIpc) is 3.10. The van der Waals surface area contributed by atoms with Gasteiger partial charge >= 0.3 is 6.18 Å². The van der Waals surface area contributed by atoms with Crippen molar-refractivity contribution in [3.05, 3.63) is 47.3 Å². The lowest BCUT2D eigenvalue weighted by Crippen LogP contribution is -2.36. The number of morpholine rings is 1. The Morgan fingerprint density at radius 1 is 1.15 bits per heavy atom. The van der Waals surface area contributed by atoms with Crippen LogP contribution in [0.4, 0.5) is 19.0 Å². The molecular formula is C18H17F3N4O2. The molecule has 0 aromatic carbocycles.